The smallest absolute Gasteiger partial charge is 0.255 e. The number of primary amides is 1. The number of nitrogens with two attached hydrogens (primary N) is 3. The molecule has 1 aromatic heterocycles. The molecule has 48 heavy (non-hydrogen) atoms. The summed E-state index contributed by atoms with van der Waals surface area (Å²) in [5.41, 5.74) is 19.8. The van der Waals surface area contributed by atoms with E-state index in [0.717, 1.165) is 11.3 Å². The summed E-state index contributed by atoms with van der Waals surface area (Å²) < 4.78 is 18.2. The number of nitrogens with one attached hydrogen (secondary N) is 1. The van der Waals surface area contributed by atoms with E-state index < -0.39 is 11.9 Å². The first-order valence-corrected chi connectivity index (χ1v) is 15.5. The van der Waals surface area contributed by atoms with Crippen molar-refractivity contribution in [3.05, 3.63) is 96.6 Å². The number of rotatable bonds is 13. The molecule has 0 saturated carbocycles. The van der Waals surface area contributed by atoms with Crippen molar-refractivity contribution in [1.29, 1.82) is 0 Å². The number of ether oxygens (including phenoxy) is 3. The first kappa shape index (κ1) is 34.8. The summed E-state index contributed by atoms with van der Waals surface area (Å²) in [6.07, 6.45) is 0.866. The highest BCUT2D eigenvalue weighted by Crippen LogP contribution is 2.33. The van der Waals surface area contributed by atoms with Crippen molar-refractivity contribution >= 4 is 34.5 Å². The molecule has 4 aromatic carbocycles. The number of amides is 2. The molecular weight excluding hydrogens is 610 g/mol. The molecule has 5 aromatic rings. The van der Waals surface area contributed by atoms with Gasteiger partial charge in [-0.25, -0.2) is 4.98 Å². The molecule has 2 amide bonds. The largest absolute Gasteiger partial charge is 0.497 e. The number of guanidine groups is 1. The van der Waals surface area contributed by atoms with Gasteiger partial charge < -0.3 is 41.3 Å². The van der Waals surface area contributed by atoms with E-state index in [1.54, 1.807) is 61.3 Å². The Morgan fingerprint density at radius 3 is 1.94 bits per heavy atom. The fraction of sp³-hybridized carbons (Fsp3) is 0.222. The highest BCUT2D eigenvalue weighted by atomic mass is 16.5. The van der Waals surface area contributed by atoms with Crippen LogP contribution < -0.4 is 36.7 Å². The summed E-state index contributed by atoms with van der Waals surface area (Å²) >= 11 is 0. The zero-order valence-corrected chi connectivity index (χ0v) is 27.5. The van der Waals surface area contributed by atoms with Crippen LogP contribution in [-0.2, 0) is 4.79 Å². The van der Waals surface area contributed by atoms with E-state index >= 15 is 0 Å². The molecule has 0 fully saturated rings. The first-order valence-electron chi connectivity index (χ1n) is 15.5. The Morgan fingerprint density at radius 1 is 0.812 bits per heavy atom. The normalized spacial score (nSPS) is 11.1. The van der Waals surface area contributed by atoms with Crippen LogP contribution in [0, 0.1) is 0 Å². The first-order chi connectivity index (χ1) is 23.2. The van der Waals surface area contributed by atoms with Crippen LogP contribution in [0.5, 0.6) is 23.0 Å². The maximum absolute atomic E-state index is 13.2. The molecule has 1 atom stereocenters. The molecule has 0 saturated heterocycles. The van der Waals surface area contributed by atoms with Crippen molar-refractivity contribution in [3.63, 3.8) is 0 Å². The summed E-state index contributed by atoms with van der Waals surface area (Å²) in [4.78, 5) is 34.9. The van der Waals surface area contributed by atoms with Crippen molar-refractivity contribution in [1.82, 2.24) is 9.55 Å². The second kappa shape index (κ2) is 16.5. The summed E-state index contributed by atoms with van der Waals surface area (Å²) in [7, 11) is 3.18. The number of imidazole rings is 1. The quantitative estimate of drug-likeness (QED) is 0.0692. The van der Waals surface area contributed by atoms with Crippen LogP contribution in [-0.4, -0.2) is 48.1 Å². The predicted molar refractivity (Wildman–Crippen MR) is 189 cm³/mol. The molecule has 12 nitrogen and oxygen atoms in total. The number of hydrogen-bond donors (Lipinski definition) is 4. The fourth-order valence-electron chi connectivity index (χ4n) is 4.98. The topological polar surface area (TPSA) is 182 Å². The van der Waals surface area contributed by atoms with E-state index in [1.807, 2.05) is 62.4 Å². The van der Waals surface area contributed by atoms with Gasteiger partial charge in [0.1, 0.15) is 34.9 Å². The van der Waals surface area contributed by atoms with Crippen LogP contribution >= 0.6 is 0 Å². The van der Waals surface area contributed by atoms with E-state index in [4.69, 9.17) is 36.4 Å². The lowest BCUT2D eigenvalue weighted by Crippen LogP contribution is -2.27. The fourth-order valence-corrected chi connectivity index (χ4v) is 4.98. The third-order valence-corrected chi connectivity index (χ3v) is 7.28. The van der Waals surface area contributed by atoms with Crippen LogP contribution in [0.2, 0.25) is 0 Å². The van der Waals surface area contributed by atoms with Crippen LogP contribution in [0.25, 0.3) is 22.4 Å². The van der Waals surface area contributed by atoms with Gasteiger partial charge in [0.25, 0.3) is 5.91 Å². The Morgan fingerprint density at radius 2 is 1.38 bits per heavy atom. The number of nitrogens with zero attached hydrogens (tertiary/aromatic N) is 3. The molecule has 0 aliphatic heterocycles. The maximum Gasteiger partial charge on any atom is 0.255 e. The average Bonchev–Trinajstić information content (AvgIpc) is 3.48. The third-order valence-electron chi connectivity index (χ3n) is 7.28. The minimum absolute atomic E-state index is 0.0261. The third kappa shape index (κ3) is 8.60. The van der Waals surface area contributed by atoms with Gasteiger partial charge >= 0.3 is 0 Å². The minimum atomic E-state index is -0.761. The lowest BCUT2D eigenvalue weighted by Gasteiger charge is -2.19. The number of fused-ring (bicyclic) bond motifs is 1. The van der Waals surface area contributed by atoms with Crippen LogP contribution in [0.3, 0.4) is 0 Å². The molecule has 1 heterocycles. The number of carbonyl (C=O) groups is 2. The number of hydrogen-bond acceptors (Lipinski definition) is 7. The van der Waals surface area contributed by atoms with Gasteiger partial charge in [0, 0.05) is 23.4 Å². The number of methoxy groups -OCH3 is 2. The standard InChI is InChI=1S/C34H35N7O5.C2H6/c1-44-24-12-8-23(9-13-24)39-33(43)22-7-18-29-28(20-22)40-32(41(29)30(31(35)42)4-3-19-38-34(36)37)21-5-10-26(11-6-21)46-27-16-14-25(45-2)15-17-27;1-2/h5-18,20,30H,3-4,19H2,1-2H3,(H2,35,42)(H,39,43)(H4,36,37,38);1-2H3/t30-;/m1./s1. The molecular formula is C36H41N7O5. The van der Waals surface area contributed by atoms with Crippen LogP contribution in [0.15, 0.2) is 96.0 Å². The van der Waals surface area contributed by atoms with Gasteiger partial charge in [-0.15, -0.1) is 0 Å². The molecule has 5 rings (SSSR count). The minimum Gasteiger partial charge on any atom is -0.497 e. The second-order valence-corrected chi connectivity index (χ2v) is 10.4. The lowest BCUT2D eigenvalue weighted by atomic mass is 10.1. The predicted octanol–water partition coefficient (Wildman–Crippen LogP) is 5.87. The molecule has 0 spiro atoms. The summed E-state index contributed by atoms with van der Waals surface area (Å²) in [6, 6.07) is 26.0. The van der Waals surface area contributed by atoms with E-state index in [1.165, 1.54) is 0 Å². The number of aromatic nitrogens is 2. The Balaban J connectivity index is 0.00000255. The van der Waals surface area contributed by atoms with Crippen molar-refractivity contribution < 1.29 is 23.8 Å². The number of carbonyl (C=O) groups excluding carboxylic acids is 2. The summed E-state index contributed by atoms with van der Waals surface area (Å²) in [6.45, 7) is 4.33. The second-order valence-electron chi connectivity index (χ2n) is 10.4. The molecule has 0 unspecified atom stereocenters. The molecule has 0 bridgehead atoms. The maximum atomic E-state index is 13.2. The molecule has 250 valence electrons. The molecule has 12 heteroatoms. The average molecular weight is 652 g/mol. The Bertz CT molecular complexity index is 1850. The van der Waals surface area contributed by atoms with E-state index in [2.05, 4.69) is 10.3 Å². The zero-order valence-electron chi connectivity index (χ0n) is 27.5. The van der Waals surface area contributed by atoms with Crippen molar-refractivity contribution in [2.75, 3.05) is 26.1 Å². The zero-order chi connectivity index (χ0) is 34.6. The van der Waals surface area contributed by atoms with Gasteiger partial charge in [0.05, 0.1) is 25.3 Å². The Hall–Kier alpha value is -6.04. The van der Waals surface area contributed by atoms with Crippen molar-refractivity contribution in [3.8, 4) is 34.4 Å². The highest BCUT2D eigenvalue weighted by Gasteiger charge is 2.25. The molecule has 7 N–H and O–H groups in total. The number of aliphatic imine (C=N–C) groups is 1. The molecule has 0 aliphatic carbocycles. The number of benzene rings is 4. The summed E-state index contributed by atoms with van der Waals surface area (Å²) in [5.74, 6) is 2.29. The van der Waals surface area contributed by atoms with E-state index in [0.29, 0.717) is 64.7 Å². The van der Waals surface area contributed by atoms with E-state index in [9.17, 15) is 9.59 Å². The van der Waals surface area contributed by atoms with Crippen molar-refractivity contribution in [2.24, 2.45) is 22.2 Å². The van der Waals surface area contributed by atoms with Gasteiger partial charge in [0.2, 0.25) is 5.91 Å². The SMILES string of the molecule is CC.COc1ccc(NC(=O)c2ccc3c(c2)nc(-c2ccc(Oc4ccc(OC)cc4)cc2)n3[C@H](CCCN=C(N)N)C(N)=O)cc1. The van der Waals surface area contributed by atoms with E-state index in [-0.39, 0.29) is 11.9 Å². The van der Waals surface area contributed by atoms with Gasteiger partial charge in [-0.2, -0.15) is 0 Å². The number of anilines is 1. The van der Waals surface area contributed by atoms with Gasteiger partial charge in [0.15, 0.2) is 5.96 Å². The van der Waals surface area contributed by atoms with Crippen molar-refractivity contribution in [2.45, 2.75) is 32.7 Å². The van der Waals surface area contributed by atoms with Crippen LogP contribution in [0.4, 0.5) is 5.69 Å². The van der Waals surface area contributed by atoms with Gasteiger partial charge in [-0.05, 0) is 104 Å². The van der Waals surface area contributed by atoms with Gasteiger partial charge in [-0.1, -0.05) is 13.8 Å². The Kier molecular flexibility index (Phi) is 12.0. The summed E-state index contributed by atoms with van der Waals surface area (Å²) in [5, 5.41) is 2.89. The van der Waals surface area contributed by atoms with Crippen LogP contribution in [0.1, 0.15) is 43.1 Å². The highest BCUT2D eigenvalue weighted by molar-refractivity contribution is 6.06. The molecule has 0 radical (unpaired) electrons. The Labute approximate surface area is 279 Å². The monoisotopic (exact) mass is 651 g/mol. The lowest BCUT2D eigenvalue weighted by molar-refractivity contribution is -0.121. The van der Waals surface area contributed by atoms with Gasteiger partial charge in [-0.3, -0.25) is 14.6 Å². The molecule has 0 aliphatic rings.